The number of likely N-dealkylation sites (tertiary alicyclic amines) is 1. The number of ether oxygens (including phenoxy) is 1. The summed E-state index contributed by atoms with van der Waals surface area (Å²) in [5, 5.41) is 5.60. The van der Waals surface area contributed by atoms with Crippen LogP contribution in [-0.2, 0) is 0 Å². The molecular weight excluding hydrogens is 309 g/mol. The molecule has 2 unspecified atom stereocenters. The van der Waals surface area contributed by atoms with Gasteiger partial charge in [-0.05, 0) is 31.7 Å². The first kappa shape index (κ1) is 14.9. The number of piperidine rings is 1. The minimum Gasteiger partial charge on any atom is -0.491 e. The van der Waals surface area contributed by atoms with Gasteiger partial charge >= 0.3 is 0 Å². The van der Waals surface area contributed by atoms with Crippen molar-refractivity contribution >= 4 is 28.9 Å². The Hall–Kier alpha value is -0.970. The number of rotatable bonds is 3. The molecule has 1 fully saturated rings. The molecule has 0 spiro atoms. The number of nitrogens with one attached hydrogen (secondary N) is 1. The van der Waals surface area contributed by atoms with Gasteiger partial charge in [-0.15, -0.1) is 0 Å². The van der Waals surface area contributed by atoms with Crippen molar-refractivity contribution in [1.82, 2.24) is 10.3 Å². The maximum atomic E-state index is 6.31. The summed E-state index contributed by atoms with van der Waals surface area (Å²) in [4.78, 5) is 2.33. The van der Waals surface area contributed by atoms with E-state index in [-0.39, 0.29) is 6.04 Å². The van der Waals surface area contributed by atoms with Crippen molar-refractivity contribution in [3.05, 3.63) is 27.7 Å². The van der Waals surface area contributed by atoms with E-state index in [2.05, 4.69) is 22.5 Å². The number of hydrazone groups is 1. The van der Waals surface area contributed by atoms with Gasteiger partial charge in [-0.2, -0.15) is 5.10 Å². The first-order valence-electron chi connectivity index (χ1n) is 7.22. The molecule has 1 aromatic rings. The zero-order chi connectivity index (χ0) is 15.0. The Balaban J connectivity index is 1.88. The van der Waals surface area contributed by atoms with Crippen molar-refractivity contribution in [2.75, 3.05) is 26.7 Å². The average molecular weight is 328 g/mol. The van der Waals surface area contributed by atoms with E-state index in [1.165, 1.54) is 5.71 Å². The summed E-state index contributed by atoms with van der Waals surface area (Å²) in [5.74, 6) is 0.943. The molecule has 0 aliphatic carbocycles. The molecule has 3 rings (SSSR count). The summed E-state index contributed by atoms with van der Waals surface area (Å²) >= 11 is 12.6. The lowest BCUT2D eigenvalue weighted by Crippen LogP contribution is -2.39. The maximum Gasteiger partial charge on any atom is 0.156 e. The molecule has 0 amide bonds. The fourth-order valence-corrected chi connectivity index (χ4v) is 3.66. The van der Waals surface area contributed by atoms with Crippen molar-refractivity contribution in [1.29, 1.82) is 0 Å². The first-order chi connectivity index (χ1) is 10.1. The molecule has 1 aromatic carbocycles. The molecule has 6 heteroatoms. The number of benzene rings is 1. The van der Waals surface area contributed by atoms with Gasteiger partial charge < -0.3 is 15.1 Å². The van der Waals surface area contributed by atoms with Crippen molar-refractivity contribution < 1.29 is 4.74 Å². The molecular formula is C15H19Cl2N3O. The van der Waals surface area contributed by atoms with Gasteiger partial charge in [0.05, 0.1) is 22.7 Å². The largest absolute Gasteiger partial charge is 0.491 e. The highest BCUT2D eigenvalue weighted by atomic mass is 35.5. The summed E-state index contributed by atoms with van der Waals surface area (Å²) in [6.07, 6.45) is 1.02. The van der Waals surface area contributed by atoms with Crippen molar-refractivity contribution in [2.45, 2.75) is 19.4 Å². The summed E-state index contributed by atoms with van der Waals surface area (Å²) < 4.78 is 5.49. The topological polar surface area (TPSA) is 36.9 Å². The number of hydrogen-bond donors (Lipinski definition) is 1. The van der Waals surface area contributed by atoms with E-state index in [4.69, 9.17) is 27.9 Å². The van der Waals surface area contributed by atoms with Gasteiger partial charge in [0, 0.05) is 31.1 Å². The van der Waals surface area contributed by atoms with Crippen LogP contribution >= 0.6 is 23.2 Å². The third kappa shape index (κ3) is 2.85. The van der Waals surface area contributed by atoms with Crippen LogP contribution in [0.5, 0.6) is 5.75 Å². The van der Waals surface area contributed by atoms with Gasteiger partial charge in [-0.25, -0.2) is 0 Å². The molecule has 0 radical (unpaired) electrons. The molecule has 2 aliphatic rings. The lowest BCUT2D eigenvalue weighted by atomic mass is 9.86. The van der Waals surface area contributed by atoms with Crippen molar-refractivity contribution in [3.8, 4) is 5.75 Å². The molecule has 2 aliphatic heterocycles. The van der Waals surface area contributed by atoms with Crippen LogP contribution in [-0.4, -0.2) is 37.4 Å². The number of halogens is 2. The van der Waals surface area contributed by atoms with Gasteiger partial charge in [0.15, 0.2) is 5.75 Å². The minimum atomic E-state index is 0.133. The third-order valence-electron chi connectivity index (χ3n) is 4.10. The Morgan fingerprint density at radius 1 is 1.38 bits per heavy atom. The Morgan fingerprint density at radius 2 is 2.10 bits per heavy atom. The predicted octanol–water partition coefficient (Wildman–Crippen LogP) is 3.34. The van der Waals surface area contributed by atoms with Crippen LogP contribution < -0.4 is 10.2 Å². The zero-order valence-corrected chi connectivity index (χ0v) is 13.7. The Bertz CT molecular complexity index is 553. The van der Waals surface area contributed by atoms with Gasteiger partial charge in [0.1, 0.15) is 0 Å². The van der Waals surface area contributed by atoms with E-state index < -0.39 is 0 Å². The molecule has 2 atom stereocenters. The lowest BCUT2D eigenvalue weighted by molar-refractivity contribution is 0.272. The van der Waals surface area contributed by atoms with Crippen molar-refractivity contribution in [3.63, 3.8) is 0 Å². The van der Waals surface area contributed by atoms with E-state index >= 15 is 0 Å². The van der Waals surface area contributed by atoms with Crippen molar-refractivity contribution in [2.24, 2.45) is 11.0 Å². The van der Waals surface area contributed by atoms with Crippen LogP contribution in [0.1, 0.15) is 24.9 Å². The number of hydrogen-bond acceptors (Lipinski definition) is 4. The Morgan fingerprint density at radius 3 is 2.76 bits per heavy atom. The molecule has 0 saturated carbocycles. The van der Waals surface area contributed by atoms with Crippen LogP contribution in [0, 0.1) is 5.92 Å². The van der Waals surface area contributed by atoms with Crippen LogP contribution in [0.2, 0.25) is 10.0 Å². The minimum absolute atomic E-state index is 0.133. The Kier molecular flexibility index (Phi) is 4.29. The van der Waals surface area contributed by atoms with E-state index in [0.717, 1.165) is 25.1 Å². The summed E-state index contributed by atoms with van der Waals surface area (Å²) in [7, 11) is 2.14. The van der Waals surface area contributed by atoms with Gasteiger partial charge in [0.2, 0.25) is 0 Å². The summed E-state index contributed by atoms with van der Waals surface area (Å²) in [6.45, 7) is 4.52. The quantitative estimate of drug-likeness (QED) is 0.925. The smallest absolute Gasteiger partial charge is 0.156 e. The fraction of sp³-hybridized carbons (Fsp3) is 0.533. The van der Waals surface area contributed by atoms with Gasteiger partial charge in [-0.3, -0.25) is 0 Å². The second-order valence-electron chi connectivity index (χ2n) is 5.58. The highest BCUT2D eigenvalue weighted by Crippen LogP contribution is 2.39. The van der Waals surface area contributed by atoms with E-state index in [0.29, 0.717) is 28.3 Å². The Labute approximate surface area is 135 Å². The number of fused-ring (bicyclic) bond motifs is 1. The molecule has 0 aromatic heterocycles. The highest BCUT2D eigenvalue weighted by molar-refractivity contribution is 6.37. The second kappa shape index (κ2) is 6.03. The van der Waals surface area contributed by atoms with Gasteiger partial charge in [0.25, 0.3) is 0 Å². The normalized spacial score (nSPS) is 25.2. The molecule has 2 heterocycles. The van der Waals surface area contributed by atoms with Crippen LogP contribution in [0.15, 0.2) is 17.2 Å². The third-order valence-corrected chi connectivity index (χ3v) is 4.67. The summed E-state index contributed by atoms with van der Waals surface area (Å²) in [6, 6.07) is 4.00. The molecule has 1 N–H and O–H groups in total. The van der Waals surface area contributed by atoms with Crippen LogP contribution in [0.4, 0.5) is 0 Å². The molecule has 1 saturated heterocycles. The monoisotopic (exact) mass is 327 g/mol. The lowest BCUT2D eigenvalue weighted by Gasteiger charge is -2.31. The van der Waals surface area contributed by atoms with E-state index in [9.17, 15) is 0 Å². The molecule has 4 nitrogen and oxygen atoms in total. The molecule has 21 heavy (non-hydrogen) atoms. The average Bonchev–Trinajstić information content (AvgIpc) is 2.85. The molecule has 114 valence electrons. The van der Waals surface area contributed by atoms with Gasteiger partial charge in [-0.1, -0.05) is 23.2 Å². The maximum absolute atomic E-state index is 6.31. The SMILES string of the molecule is CCOc1c(Cl)cc(C2NN=C3CCN(C)CC32)cc1Cl. The standard InChI is InChI=1S/C15H19Cl2N3O/c1-3-21-15-11(16)6-9(7-12(15)17)14-10-8-20(2)5-4-13(10)18-19-14/h6-7,10,14,19H,3-5,8H2,1-2H3. The zero-order valence-electron chi connectivity index (χ0n) is 12.2. The second-order valence-corrected chi connectivity index (χ2v) is 6.39. The fourth-order valence-electron chi connectivity index (χ4n) is 3.05. The summed E-state index contributed by atoms with van der Waals surface area (Å²) in [5.41, 5.74) is 5.56. The van der Waals surface area contributed by atoms with Crippen LogP contribution in [0.25, 0.3) is 0 Å². The first-order valence-corrected chi connectivity index (χ1v) is 7.98. The number of nitrogens with zero attached hydrogens (tertiary/aromatic N) is 2. The van der Waals surface area contributed by atoms with Crippen LogP contribution in [0.3, 0.4) is 0 Å². The van der Waals surface area contributed by atoms with E-state index in [1.54, 1.807) is 0 Å². The molecule has 0 bridgehead atoms. The predicted molar refractivity (Wildman–Crippen MR) is 86.5 cm³/mol. The highest BCUT2D eigenvalue weighted by Gasteiger charge is 2.36. The van der Waals surface area contributed by atoms with E-state index in [1.807, 2.05) is 19.1 Å².